The third kappa shape index (κ3) is 1.03. The molecule has 0 atom stereocenters. The Morgan fingerprint density at radius 2 is 2.30 bits per heavy atom. The Bertz CT molecular complexity index is 241. The molecule has 0 saturated carbocycles. The van der Waals surface area contributed by atoms with E-state index in [-0.39, 0.29) is 0 Å². The molecule has 0 radical (unpaired) electrons. The Hall–Kier alpha value is -0.510. The summed E-state index contributed by atoms with van der Waals surface area (Å²) in [5.74, 6) is 0.692. The molecule has 0 spiro atoms. The number of nitrogens with two attached hydrogens (primary N) is 1. The molecule has 0 bridgehead atoms. The van der Waals surface area contributed by atoms with Crippen LogP contribution >= 0.6 is 15.9 Å². The zero-order chi connectivity index (χ0) is 7.72. The fourth-order valence-electron chi connectivity index (χ4n) is 0.795. The predicted octanol–water partition coefficient (Wildman–Crippen LogP) is 1.33. The number of nitrogen functional groups attached to an aromatic ring is 1. The van der Waals surface area contributed by atoms with Gasteiger partial charge in [-0.3, -0.25) is 4.68 Å². The number of nitrogens with zero attached hydrogens (tertiary/aromatic N) is 2. The number of halogens is 1. The van der Waals surface area contributed by atoms with Crippen LogP contribution in [0.5, 0.6) is 0 Å². The van der Waals surface area contributed by atoms with E-state index in [1.165, 1.54) is 0 Å². The standard InChI is InChI=1S/C6H10BrN3/c1-3-4-5(7)6(8)10(2)9-4/h3,8H2,1-2H3. The average molecular weight is 204 g/mol. The Morgan fingerprint density at radius 1 is 1.70 bits per heavy atom. The fraction of sp³-hybridized carbons (Fsp3) is 0.500. The average Bonchev–Trinajstić information content (AvgIpc) is 2.17. The van der Waals surface area contributed by atoms with Crippen LogP contribution in [0.15, 0.2) is 4.47 Å². The van der Waals surface area contributed by atoms with E-state index in [0.717, 1.165) is 16.6 Å². The topological polar surface area (TPSA) is 43.8 Å². The van der Waals surface area contributed by atoms with Crippen LogP contribution in [0.2, 0.25) is 0 Å². The summed E-state index contributed by atoms with van der Waals surface area (Å²) < 4.78 is 2.60. The van der Waals surface area contributed by atoms with Gasteiger partial charge in [-0.05, 0) is 22.4 Å². The molecule has 0 fully saturated rings. The van der Waals surface area contributed by atoms with Gasteiger partial charge < -0.3 is 5.73 Å². The van der Waals surface area contributed by atoms with E-state index in [9.17, 15) is 0 Å². The number of aromatic nitrogens is 2. The van der Waals surface area contributed by atoms with Gasteiger partial charge in [0.1, 0.15) is 5.82 Å². The first-order chi connectivity index (χ1) is 4.66. The minimum Gasteiger partial charge on any atom is -0.383 e. The third-order valence-electron chi connectivity index (χ3n) is 1.43. The van der Waals surface area contributed by atoms with Gasteiger partial charge in [-0.2, -0.15) is 5.10 Å². The lowest BCUT2D eigenvalue weighted by molar-refractivity contribution is 0.755. The second-order valence-electron chi connectivity index (χ2n) is 2.12. The summed E-state index contributed by atoms with van der Waals surface area (Å²) in [6.07, 6.45) is 0.908. The van der Waals surface area contributed by atoms with E-state index in [4.69, 9.17) is 5.73 Å². The van der Waals surface area contributed by atoms with Crippen molar-refractivity contribution in [2.45, 2.75) is 13.3 Å². The van der Waals surface area contributed by atoms with Crippen LogP contribution in [0.25, 0.3) is 0 Å². The van der Waals surface area contributed by atoms with Crippen molar-refractivity contribution >= 4 is 21.7 Å². The fourth-order valence-corrected chi connectivity index (χ4v) is 1.41. The zero-order valence-corrected chi connectivity index (χ0v) is 7.64. The highest BCUT2D eigenvalue weighted by Crippen LogP contribution is 2.22. The quantitative estimate of drug-likeness (QED) is 0.749. The zero-order valence-electron chi connectivity index (χ0n) is 6.06. The lowest BCUT2D eigenvalue weighted by atomic mass is 10.3. The van der Waals surface area contributed by atoms with Crippen LogP contribution < -0.4 is 5.73 Å². The summed E-state index contributed by atoms with van der Waals surface area (Å²) in [6.45, 7) is 2.05. The van der Waals surface area contributed by atoms with Crippen LogP contribution in [0.1, 0.15) is 12.6 Å². The molecule has 0 aliphatic heterocycles. The Labute approximate surface area is 68.3 Å². The third-order valence-corrected chi connectivity index (χ3v) is 2.30. The van der Waals surface area contributed by atoms with Crippen molar-refractivity contribution in [1.29, 1.82) is 0 Å². The van der Waals surface area contributed by atoms with E-state index < -0.39 is 0 Å². The van der Waals surface area contributed by atoms with Gasteiger partial charge in [-0.25, -0.2) is 0 Å². The van der Waals surface area contributed by atoms with Crippen molar-refractivity contribution < 1.29 is 0 Å². The number of hydrogen-bond donors (Lipinski definition) is 1. The first-order valence-electron chi connectivity index (χ1n) is 3.13. The molecule has 3 nitrogen and oxygen atoms in total. The van der Waals surface area contributed by atoms with Crippen LogP contribution in [0, 0.1) is 0 Å². The van der Waals surface area contributed by atoms with Gasteiger partial charge in [0.15, 0.2) is 0 Å². The molecule has 2 N–H and O–H groups in total. The van der Waals surface area contributed by atoms with Gasteiger partial charge in [0.2, 0.25) is 0 Å². The van der Waals surface area contributed by atoms with Gasteiger partial charge in [-0.15, -0.1) is 0 Å². The molecule has 1 aromatic rings. The first kappa shape index (κ1) is 7.60. The number of rotatable bonds is 1. The van der Waals surface area contributed by atoms with Gasteiger partial charge in [0.05, 0.1) is 10.2 Å². The normalized spacial score (nSPS) is 10.3. The minimum absolute atomic E-state index is 0.692. The van der Waals surface area contributed by atoms with Crippen molar-refractivity contribution in [3.8, 4) is 0 Å². The maximum Gasteiger partial charge on any atom is 0.136 e. The molecular weight excluding hydrogens is 194 g/mol. The Kier molecular flexibility index (Phi) is 1.99. The molecule has 0 aliphatic rings. The van der Waals surface area contributed by atoms with Crippen molar-refractivity contribution in [1.82, 2.24) is 9.78 Å². The van der Waals surface area contributed by atoms with Crippen molar-refractivity contribution in [3.05, 3.63) is 10.2 Å². The summed E-state index contributed by atoms with van der Waals surface area (Å²) in [5.41, 5.74) is 6.65. The van der Waals surface area contributed by atoms with Gasteiger partial charge in [0, 0.05) is 7.05 Å². The molecule has 4 heteroatoms. The minimum atomic E-state index is 0.692. The van der Waals surface area contributed by atoms with Crippen molar-refractivity contribution in [2.75, 3.05) is 5.73 Å². The molecule has 10 heavy (non-hydrogen) atoms. The first-order valence-corrected chi connectivity index (χ1v) is 3.93. The predicted molar refractivity (Wildman–Crippen MR) is 44.7 cm³/mol. The smallest absolute Gasteiger partial charge is 0.136 e. The lowest BCUT2D eigenvalue weighted by Gasteiger charge is -1.90. The molecule has 0 aliphatic carbocycles. The van der Waals surface area contributed by atoms with Gasteiger partial charge in [0.25, 0.3) is 0 Å². The largest absolute Gasteiger partial charge is 0.383 e. The van der Waals surface area contributed by atoms with E-state index in [1.807, 2.05) is 14.0 Å². The molecule has 0 unspecified atom stereocenters. The van der Waals surface area contributed by atoms with E-state index in [1.54, 1.807) is 4.68 Å². The second-order valence-corrected chi connectivity index (χ2v) is 2.92. The second kappa shape index (κ2) is 2.62. The maximum absolute atomic E-state index is 5.63. The SMILES string of the molecule is CCc1nn(C)c(N)c1Br. The number of aryl methyl sites for hydroxylation is 2. The highest BCUT2D eigenvalue weighted by Gasteiger charge is 2.07. The summed E-state index contributed by atoms with van der Waals surface area (Å²) in [5, 5.41) is 4.17. The molecule has 1 heterocycles. The molecule has 0 aromatic carbocycles. The number of hydrogen-bond acceptors (Lipinski definition) is 2. The summed E-state index contributed by atoms with van der Waals surface area (Å²) in [4.78, 5) is 0. The van der Waals surface area contributed by atoms with Gasteiger partial charge in [-0.1, -0.05) is 6.92 Å². The highest BCUT2D eigenvalue weighted by atomic mass is 79.9. The lowest BCUT2D eigenvalue weighted by Crippen LogP contribution is -1.97. The van der Waals surface area contributed by atoms with Crippen LogP contribution in [0.4, 0.5) is 5.82 Å². The highest BCUT2D eigenvalue weighted by molar-refractivity contribution is 9.10. The van der Waals surface area contributed by atoms with Crippen LogP contribution in [0.3, 0.4) is 0 Å². The summed E-state index contributed by atoms with van der Waals surface area (Å²) in [7, 11) is 1.83. The molecule has 0 amide bonds. The van der Waals surface area contributed by atoms with E-state index in [0.29, 0.717) is 5.82 Å². The monoisotopic (exact) mass is 203 g/mol. The van der Waals surface area contributed by atoms with Crippen molar-refractivity contribution in [3.63, 3.8) is 0 Å². The van der Waals surface area contributed by atoms with Crippen LogP contribution in [-0.2, 0) is 13.5 Å². The molecule has 0 saturated heterocycles. The van der Waals surface area contributed by atoms with Crippen molar-refractivity contribution in [2.24, 2.45) is 7.05 Å². The van der Waals surface area contributed by atoms with Crippen LogP contribution in [-0.4, -0.2) is 9.78 Å². The number of anilines is 1. The van der Waals surface area contributed by atoms with E-state index in [2.05, 4.69) is 21.0 Å². The molecule has 56 valence electrons. The van der Waals surface area contributed by atoms with E-state index >= 15 is 0 Å². The maximum atomic E-state index is 5.63. The molecule has 1 rings (SSSR count). The summed E-state index contributed by atoms with van der Waals surface area (Å²) >= 11 is 3.35. The molecule has 1 aromatic heterocycles. The Balaban J connectivity index is 3.17. The molecular formula is C6H10BrN3. The summed E-state index contributed by atoms with van der Waals surface area (Å²) in [6, 6.07) is 0. The van der Waals surface area contributed by atoms with Gasteiger partial charge >= 0.3 is 0 Å². The Morgan fingerprint density at radius 3 is 2.50 bits per heavy atom.